The van der Waals surface area contributed by atoms with Crippen LogP contribution in [0.4, 0.5) is 0 Å². The number of benzene rings is 2. The van der Waals surface area contributed by atoms with Crippen molar-refractivity contribution in [3.63, 3.8) is 0 Å². The van der Waals surface area contributed by atoms with Crippen molar-refractivity contribution in [2.24, 2.45) is 11.8 Å². The molecule has 9 heteroatoms. The van der Waals surface area contributed by atoms with Crippen LogP contribution in [0.3, 0.4) is 0 Å². The monoisotopic (exact) mass is 541 g/mol. The minimum absolute atomic E-state index is 0.00235. The molecule has 3 rings (SSSR count). The van der Waals surface area contributed by atoms with Gasteiger partial charge in [-0.25, -0.2) is 0 Å². The van der Waals surface area contributed by atoms with E-state index in [-0.39, 0.29) is 29.7 Å². The van der Waals surface area contributed by atoms with E-state index >= 15 is 0 Å². The van der Waals surface area contributed by atoms with Crippen LogP contribution in [0.2, 0.25) is 0 Å². The number of rotatable bonds is 15. The number of methoxy groups -OCH3 is 3. The molecule has 214 valence electrons. The number of nitrogens with zero attached hydrogens (tertiary/aromatic N) is 1. The predicted molar refractivity (Wildman–Crippen MR) is 150 cm³/mol. The molecule has 9 nitrogen and oxygen atoms in total. The summed E-state index contributed by atoms with van der Waals surface area (Å²) < 4.78 is 21.9. The first-order chi connectivity index (χ1) is 18.9. The van der Waals surface area contributed by atoms with Crippen molar-refractivity contribution in [2.45, 2.75) is 32.4 Å². The summed E-state index contributed by atoms with van der Waals surface area (Å²) in [6.07, 6.45) is 0.0766. The molecule has 1 fully saturated rings. The molecule has 0 radical (unpaired) electrons. The molecule has 2 aromatic rings. The molecule has 0 saturated carbocycles. The highest BCUT2D eigenvalue weighted by Gasteiger charge is 2.32. The normalized spacial score (nSPS) is 17.6. The van der Waals surface area contributed by atoms with Crippen LogP contribution >= 0.6 is 0 Å². The first kappa shape index (κ1) is 30.4. The van der Waals surface area contributed by atoms with Gasteiger partial charge in [0.1, 0.15) is 0 Å². The third kappa shape index (κ3) is 8.42. The molecule has 0 aromatic heterocycles. The minimum Gasteiger partial charge on any atom is -0.493 e. The lowest BCUT2D eigenvalue weighted by Crippen LogP contribution is -2.44. The number of carbonyl (C=O) groups is 2. The van der Waals surface area contributed by atoms with E-state index in [1.807, 2.05) is 49.1 Å². The summed E-state index contributed by atoms with van der Waals surface area (Å²) in [5.74, 6) is 1.28. The van der Waals surface area contributed by atoms with Crippen molar-refractivity contribution in [3.8, 4) is 11.5 Å². The Kier molecular flexibility index (Phi) is 12.0. The highest BCUT2D eigenvalue weighted by Crippen LogP contribution is 2.30. The Hall–Kier alpha value is -3.14. The number of amides is 2. The highest BCUT2D eigenvalue weighted by molar-refractivity contribution is 5.95. The standard InChI is InChI=1S/C30H43N3O6/c1-21(2)33(30(35)23-12-13-26(37-4)27(16-23)39-15-9-14-36-3)20-25-18-31-17-24(25)19-32-29(34)28(38-5)22-10-7-6-8-11-22/h6-8,10-13,16,21,24-25,28,31H,9,14-15,17-20H2,1-5H3,(H,32,34)/t24-,25-,28?/m0/s1. The topological polar surface area (TPSA) is 98.4 Å². The van der Waals surface area contributed by atoms with Gasteiger partial charge in [-0.2, -0.15) is 0 Å². The third-order valence-electron chi connectivity index (χ3n) is 7.07. The van der Waals surface area contributed by atoms with E-state index in [2.05, 4.69) is 10.6 Å². The maximum atomic E-state index is 13.7. The van der Waals surface area contributed by atoms with Gasteiger partial charge < -0.3 is 34.5 Å². The smallest absolute Gasteiger partial charge is 0.254 e. The summed E-state index contributed by atoms with van der Waals surface area (Å²) in [6.45, 7) is 7.73. The van der Waals surface area contributed by atoms with Gasteiger partial charge in [-0.05, 0) is 49.4 Å². The number of hydrogen-bond acceptors (Lipinski definition) is 7. The van der Waals surface area contributed by atoms with E-state index in [0.29, 0.717) is 43.4 Å². The molecule has 0 aliphatic carbocycles. The van der Waals surface area contributed by atoms with Crippen LogP contribution in [-0.2, 0) is 14.3 Å². The van der Waals surface area contributed by atoms with Gasteiger partial charge in [0.2, 0.25) is 0 Å². The molecule has 0 bridgehead atoms. The zero-order valence-electron chi connectivity index (χ0n) is 23.8. The average molecular weight is 542 g/mol. The molecular formula is C30H43N3O6. The van der Waals surface area contributed by atoms with Crippen LogP contribution in [0.15, 0.2) is 48.5 Å². The fraction of sp³-hybridized carbons (Fsp3) is 0.533. The lowest BCUT2D eigenvalue weighted by Gasteiger charge is -2.32. The Bertz CT molecular complexity index is 1050. The molecule has 2 N–H and O–H groups in total. The molecule has 1 aliphatic heterocycles. The quantitative estimate of drug-likeness (QED) is 0.334. The second-order valence-corrected chi connectivity index (χ2v) is 10.1. The Morgan fingerprint density at radius 1 is 1.00 bits per heavy atom. The van der Waals surface area contributed by atoms with E-state index in [4.69, 9.17) is 18.9 Å². The van der Waals surface area contributed by atoms with Gasteiger partial charge in [0.15, 0.2) is 17.6 Å². The summed E-state index contributed by atoms with van der Waals surface area (Å²) in [5.41, 5.74) is 1.37. The number of carbonyl (C=O) groups excluding carboxylic acids is 2. The number of ether oxygens (including phenoxy) is 4. The average Bonchev–Trinajstić information content (AvgIpc) is 3.40. The lowest BCUT2D eigenvalue weighted by molar-refractivity contribution is -0.131. The van der Waals surface area contributed by atoms with Gasteiger partial charge in [-0.15, -0.1) is 0 Å². The fourth-order valence-corrected chi connectivity index (χ4v) is 4.84. The highest BCUT2D eigenvalue weighted by atomic mass is 16.5. The molecular weight excluding hydrogens is 498 g/mol. The van der Waals surface area contributed by atoms with Gasteiger partial charge in [0.05, 0.1) is 13.7 Å². The molecule has 39 heavy (non-hydrogen) atoms. The van der Waals surface area contributed by atoms with Gasteiger partial charge in [-0.1, -0.05) is 30.3 Å². The Morgan fingerprint density at radius 2 is 1.74 bits per heavy atom. The van der Waals surface area contributed by atoms with Crippen LogP contribution in [-0.4, -0.2) is 83.5 Å². The molecule has 2 aromatic carbocycles. The fourth-order valence-electron chi connectivity index (χ4n) is 4.84. The van der Waals surface area contributed by atoms with Crippen molar-refractivity contribution >= 4 is 11.8 Å². The van der Waals surface area contributed by atoms with Crippen molar-refractivity contribution in [1.29, 1.82) is 0 Å². The van der Waals surface area contributed by atoms with E-state index < -0.39 is 6.10 Å². The summed E-state index contributed by atoms with van der Waals surface area (Å²) in [5, 5.41) is 6.50. The lowest BCUT2D eigenvalue weighted by atomic mass is 9.94. The van der Waals surface area contributed by atoms with Crippen LogP contribution in [0.25, 0.3) is 0 Å². The molecule has 3 atom stereocenters. The Morgan fingerprint density at radius 3 is 2.41 bits per heavy atom. The van der Waals surface area contributed by atoms with Crippen LogP contribution in [0.1, 0.15) is 42.3 Å². The van der Waals surface area contributed by atoms with Gasteiger partial charge >= 0.3 is 0 Å². The molecule has 1 saturated heterocycles. The summed E-state index contributed by atoms with van der Waals surface area (Å²) in [6, 6.07) is 14.8. The van der Waals surface area contributed by atoms with Crippen LogP contribution < -0.4 is 20.1 Å². The maximum absolute atomic E-state index is 13.7. The third-order valence-corrected chi connectivity index (χ3v) is 7.07. The predicted octanol–water partition coefficient (Wildman–Crippen LogP) is 3.30. The first-order valence-electron chi connectivity index (χ1n) is 13.6. The van der Waals surface area contributed by atoms with E-state index in [1.165, 1.54) is 0 Å². The molecule has 0 spiro atoms. The molecule has 1 aliphatic rings. The Labute approximate surface area is 232 Å². The van der Waals surface area contributed by atoms with Crippen molar-refractivity contribution in [2.75, 3.05) is 60.7 Å². The summed E-state index contributed by atoms with van der Waals surface area (Å²) in [4.78, 5) is 28.5. The zero-order chi connectivity index (χ0) is 28.2. The first-order valence-corrected chi connectivity index (χ1v) is 13.6. The second-order valence-electron chi connectivity index (χ2n) is 10.1. The summed E-state index contributed by atoms with van der Waals surface area (Å²) in [7, 11) is 4.78. The van der Waals surface area contributed by atoms with E-state index in [1.54, 1.807) is 39.5 Å². The maximum Gasteiger partial charge on any atom is 0.254 e. The van der Waals surface area contributed by atoms with Crippen molar-refractivity contribution in [1.82, 2.24) is 15.5 Å². The molecule has 1 unspecified atom stereocenters. The SMILES string of the molecule is COCCCOc1cc(C(=O)N(C[C@@H]2CNC[C@H]2CNC(=O)C(OC)c2ccccc2)C(C)C)ccc1OC. The van der Waals surface area contributed by atoms with Gasteiger partial charge in [0.25, 0.3) is 11.8 Å². The minimum atomic E-state index is -0.659. The number of nitrogens with one attached hydrogen (secondary N) is 2. The van der Waals surface area contributed by atoms with E-state index in [9.17, 15) is 9.59 Å². The second kappa shape index (κ2) is 15.5. The van der Waals surface area contributed by atoms with Crippen molar-refractivity contribution in [3.05, 3.63) is 59.7 Å². The summed E-state index contributed by atoms with van der Waals surface area (Å²) >= 11 is 0. The zero-order valence-corrected chi connectivity index (χ0v) is 23.8. The van der Waals surface area contributed by atoms with Crippen LogP contribution in [0.5, 0.6) is 11.5 Å². The molecule has 2 amide bonds. The van der Waals surface area contributed by atoms with Gasteiger partial charge in [-0.3, -0.25) is 9.59 Å². The van der Waals surface area contributed by atoms with Crippen molar-refractivity contribution < 1.29 is 28.5 Å². The molecule has 1 heterocycles. The largest absolute Gasteiger partial charge is 0.493 e. The Balaban J connectivity index is 1.65. The number of hydrogen-bond donors (Lipinski definition) is 2. The van der Waals surface area contributed by atoms with E-state index in [0.717, 1.165) is 25.1 Å². The van der Waals surface area contributed by atoms with Crippen LogP contribution in [0, 0.1) is 11.8 Å². The van der Waals surface area contributed by atoms with Gasteiger partial charge in [0, 0.05) is 65.0 Å².